The highest BCUT2D eigenvalue weighted by Gasteiger charge is 2.16. The van der Waals surface area contributed by atoms with Gasteiger partial charge >= 0.3 is 0 Å². The van der Waals surface area contributed by atoms with Crippen LogP contribution in [0.2, 0.25) is 0 Å². The van der Waals surface area contributed by atoms with Crippen LogP contribution in [-0.4, -0.2) is 55.1 Å². The van der Waals surface area contributed by atoms with Gasteiger partial charge in [0.1, 0.15) is 0 Å². The number of hydrogen-bond donors (Lipinski definition) is 1. The van der Waals surface area contributed by atoms with Crippen LogP contribution in [0.15, 0.2) is 29.2 Å². The van der Waals surface area contributed by atoms with Crippen molar-refractivity contribution in [1.29, 1.82) is 0 Å². The lowest BCUT2D eigenvalue weighted by Crippen LogP contribution is -2.46. The summed E-state index contributed by atoms with van der Waals surface area (Å²) in [5.41, 5.74) is 1.38. The Labute approximate surface area is 139 Å². The summed E-state index contributed by atoms with van der Waals surface area (Å²) >= 11 is 1.96. The highest BCUT2D eigenvalue weighted by atomic mass is 32.2. The van der Waals surface area contributed by atoms with E-state index in [1.165, 1.54) is 35.7 Å². The van der Waals surface area contributed by atoms with Gasteiger partial charge in [-0.15, -0.1) is 11.8 Å². The van der Waals surface area contributed by atoms with Gasteiger partial charge in [0, 0.05) is 43.4 Å². The minimum atomic E-state index is 0.333. The maximum Gasteiger partial charge on any atom is 0.0431 e. The van der Waals surface area contributed by atoms with Crippen LogP contribution in [0.1, 0.15) is 32.6 Å². The van der Waals surface area contributed by atoms with Crippen LogP contribution in [0.4, 0.5) is 5.69 Å². The lowest BCUT2D eigenvalue weighted by molar-refractivity contribution is 0.242. The van der Waals surface area contributed by atoms with E-state index >= 15 is 0 Å². The van der Waals surface area contributed by atoms with Gasteiger partial charge < -0.3 is 10.0 Å². The van der Waals surface area contributed by atoms with E-state index in [0.717, 1.165) is 39.0 Å². The van der Waals surface area contributed by atoms with Crippen molar-refractivity contribution in [3.8, 4) is 0 Å². The molecule has 1 N–H and O–H groups in total. The van der Waals surface area contributed by atoms with E-state index in [2.05, 4.69) is 41.0 Å². The molecule has 22 heavy (non-hydrogen) atoms. The highest BCUT2D eigenvalue weighted by molar-refractivity contribution is 7.99. The van der Waals surface area contributed by atoms with E-state index in [1.54, 1.807) is 0 Å². The molecule has 1 aliphatic rings. The van der Waals surface area contributed by atoms with Crippen molar-refractivity contribution in [3.05, 3.63) is 24.3 Å². The van der Waals surface area contributed by atoms with Crippen LogP contribution in [0, 0.1) is 0 Å². The van der Waals surface area contributed by atoms with Gasteiger partial charge in [-0.05, 0) is 56.2 Å². The van der Waals surface area contributed by atoms with Crippen LogP contribution in [-0.2, 0) is 0 Å². The molecule has 0 unspecified atom stereocenters. The molecule has 3 nitrogen and oxygen atoms in total. The van der Waals surface area contributed by atoms with E-state index in [-0.39, 0.29) is 0 Å². The third kappa shape index (κ3) is 5.82. The molecule has 1 aromatic rings. The number of aliphatic hydroxyl groups is 1. The summed E-state index contributed by atoms with van der Waals surface area (Å²) in [7, 11) is 0. The number of unbranched alkanes of at least 4 members (excludes halogenated alkanes) is 2. The summed E-state index contributed by atoms with van der Waals surface area (Å²) in [6.07, 6.45) is 4.53. The molecule has 1 fully saturated rings. The second-order valence-electron chi connectivity index (χ2n) is 5.96. The number of aliphatic hydroxyl groups excluding tert-OH is 1. The van der Waals surface area contributed by atoms with Crippen LogP contribution in [0.25, 0.3) is 0 Å². The zero-order chi connectivity index (χ0) is 15.6. The Kier molecular flexibility index (Phi) is 8.13. The molecule has 0 aromatic heterocycles. The molecule has 0 bridgehead atoms. The van der Waals surface area contributed by atoms with Crippen LogP contribution in [0.5, 0.6) is 0 Å². The van der Waals surface area contributed by atoms with Gasteiger partial charge in [-0.25, -0.2) is 0 Å². The van der Waals surface area contributed by atoms with Gasteiger partial charge in [0.25, 0.3) is 0 Å². The maximum atomic E-state index is 8.82. The molecule has 1 heterocycles. The second-order valence-corrected chi connectivity index (χ2v) is 7.13. The van der Waals surface area contributed by atoms with Gasteiger partial charge in [0.05, 0.1) is 0 Å². The van der Waals surface area contributed by atoms with Gasteiger partial charge in [0.2, 0.25) is 0 Å². The SMILES string of the molecule is CCCSc1cccc(N2CCN(CCCCCO)CC2)c1. The zero-order valence-corrected chi connectivity index (χ0v) is 14.7. The predicted molar refractivity (Wildman–Crippen MR) is 97.0 cm³/mol. The lowest BCUT2D eigenvalue weighted by Gasteiger charge is -2.36. The Morgan fingerprint density at radius 2 is 1.91 bits per heavy atom. The average molecular weight is 323 g/mol. The van der Waals surface area contributed by atoms with Crippen molar-refractivity contribution >= 4 is 17.4 Å². The van der Waals surface area contributed by atoms with E-state index in [9.17, 15) is 0 Å². The first-order valence-corrected chi connectivity index (χ1v) is 9.63. The van der Waals surface area contributed by atoms with Crippen LogP contribution in [0.3, 0.4) is 0 Å². The van der Waals surface area contributed by atoms with Crippen LogP contribution < -0.4 is 4.90 Å². The van der Waals surface area contributed by atoms with Gasteiger partial charge in [-0.3, -0.25) is 4.90 Å². The molecular weight excluding hydrogens is 292 g/mol. The molecule has 2 rings (SSSR count). The molecule has 1 aromatic carbocycles. The number of rotatable bonds is 9. The molecule has 0 atom stereocenters. The Hall–Kier alpha value is -0.710. The first-order valence-electron chi connectivity index (χ1n) is 8.64. The molecule has 1 saturated heterocycles. The Morgan fingerprint density at radius 1 is 1.09 bits per heavy atom. The number of hydrogen-bond acceptors (Lipinski definition) is 4. The smallest absolute Gasteiger partial charge is 0.0431 e. The minimum absolute atomic E-state index is 0.333. The van der Waals surface area contributed by atoms with Gasteiger partial charge in [-0.2, -0.15) is 0 Å². The van der Waals surface area contributed by atoms with Crippen molar-refractivity contribution in [1.82, 2.24) is 4.90 Å². The zero-order valence-electron chi connectivity index (χ0n) is 13.8. The quantitative estimate of drug-likeness (QED) is 0.556. The number of piperazine rings is 1. The largest absolute Gasteiger partial charge is 0.396 e. The van der Waals surface area contributed by atoms with E-state index in [1.807, 2.05) is 11.8 Å². The molecule has 0 spiro atoms. The van der Waals surface area contributed by atoms with Crippen molar-refractivity contribution in [2.45, 2.75) is 37.5 Å². The molecule has 0 radical (unpaired) electrons. The fourth-order valence-corrected chi connectivity index (χ4v) is 3.66. The molecule has 1 aliphatic heterocycles. The first kappa shape index (κ1) is 17.6. The summed E-state index contributed by atoms with van der Waals surface area (Å²) in [4.78, 5) is 6.47. The summed E-state index contributed by atoms with van der Waals surface area (Å²) in [5, 5.41) is 8.82. The number of anilines is 1. The first-order chi connectivity index (χ1) is 10.8. The molecule has 0 aliphatic carbocycles. The average Bonchev–Trinajstić information content (AvgIpc) is 2.58. The van der Waals surface area contributed by atoms with Crippen molar-refractivity contribution in [3.63, 3.8) is 0 Å². The molecule has 0 saturated carbocycles. The van der Waals surface area contributed by atoms with Crippen molar-refractivity contribution in [2.75, 3.05) is 50.0 Å². The van der Waals surface area contributed by atoms with Crippen molar-refractivity contribution in [2.24, 2.45) is 0 Å². The van der Waals surface area contributed by atoms with E-state index < -0.39 is 0 Å². The Morgan fingerprint density at radius 3 is 2.64 bits per heavy atom. The van der Waals surface area contributed by atoms with E-state index in [0.29, 0.717) is 6.61 Å². The van der Waals surface area contributed by atoms with Crippen LogP contribution >= 0.6 is 11.8 Å². The third-order valence-corrected chi connectivity index (χ3v) is 5.36. The van der Waals surface area contributed by atoms with Gasteiger partial charge in [-0.1, -0.05) is 13.0 Å². The number of thioether (sulfide) groups is 1. The topological polar surface area (TPSA) is 26.7 Å². The summed E-state index contributed by atoms with van der Waals surface area (Å²) in [6.45, 7) is 8.32. The Bertz CT molecular complexity index is 419. The summed E-state index contributed by atoms with van der Waals surface area (Å²) < 4.78 is 0. The standard InChI is InChI=1S/C18H30N2OS/c1-2-15-22-18-8-6-7-17(16-18)20-12-10-19(11-13-20)9-4-3-5-14-21/h6-8,16,21H,2-5,9-15H2,1H3. The monoisotopic (exact) mass is 322 g/mol. The lowest BCUT2D eigenvalue weighted by atomic mass is 10.2. The maximum absolute atomic E-state index is 8.82. The number of nitrogens with zero attached hydrogens (tertiary/aromatic N) is 2. The summed E-state index contributed by atoms with van der Waals surface area (Å²) in [5.74, 6) is 1.20. The highest BCUT2D eigenvalue weighted by Crippen LogP contribution is 2.25. The van der Waals surface area contributed by atoms with Crippen molar-refractivity contribution < 1.29 is 5.11 Å². The molecule has 4 heteroatoms. The second kappa shape index (κ2) is 10.1. The predicted octanol–water partition coefficient (Wildman–Crippen LogP) is 3.47. The normalized spacial score (nSPS) is 16.2. The minimum Gasteiger partial charge on any atom is -0.396 e. The third-order valence-electron chi connectivity index (χ3n) is 4.16. The fourth-order valence-electron chi connectivity index (χ4n) is 2.84. The summed E-state index contributed by atoms with van der Waals surface area (Å²) in [6, 6.07) is 9.00. The molecule has 0 amide bonds. The number of benzene rings is 1. The van der Waals surface area contributed by atoms with E-state index in [4.69, 9.17) is 5.11 Å². The fraction of sp³-hybridized carbons (Fsp3) is 0.667. The molecule has 124 valence electrons. The molecular formula is C18H30N2OS. The van der Waals surface area contributed by atoms with Gasteiger partial charge in [0.15, 0.2) is 0 Å². The Balaban J connectivity index is 1.76.